The first kappa shape index (κ1) is 42.7. The summed E-state index contributed by atoms with van der Waals surface area (Å²) >= 11 is 0. The van der Waals surface area contributed by atoms with Crippen LogP contribution < -0.4 is 0 Å². The third-order valence-electron chi connectivity index (χ3n) is 8.75. The van der Waals surface area contributed by atoms with Crippen molar-refractivity contribution in [3.05, 3.63) is 0 Å². The van der Waals surface area contributed by atoms with Gasteiger partial charge in [-0.3, -0.25) is 68.0 Å². The van der Waals surface area contributed by atoms with Crippen LogP contribution in [0.2, 0.25) is 0 Å². The normalized spacial score (nSPS) is 20.9. The number of carboxylic acids is 6. The molecule has 2 saturated heterocycles. The van der Waals surface area contributed by atoms with Crippen LogP contribution in [0, 0.1) is 0 Å². The van der Waals surface area contributed by atoms with Crippen molar-refractivity contribution in [2.24, 2.45) is 0 Å². The largest absolute Gasteiger partial charge is 0.480 e. The first-order chi connectivity index (χ1) is 23.7. The molecule has 50 heavy (non-hydrogen) atoms. The molecule has 2 fully saturated rings. The second-order valence-corrected chi connectivity index (χ2v) is 12.7. The van der Waals surface area contributed by atoms with E-state index in [4.69, 9.17) is 0 Å². The highest BCUT2D eigenvalue weighted by Crippen LogP contribution is 2.05. The molecule has 20 heteroatoms. The fourth-order valence-corrected chi connectivity index (χ4v) is 5.98. The number of hydrogen-bond acceptors (Lipinski definition) is 14. The van der Waals surface area contributed by atoms with E-state index in [0.29, 0.717) is 118 Å². The molecule has 0 aromatic rings. The van der Waals surface area contributed by atoms with Crippen LogP contribution in [-0.4, -0.2) is 263 Å². The Hall–Kier alpha value is -3.50. The number of carboxylic acid groups (broad SMARTS) is 6. The third kappa shape index (κ3) is 19.6. The van der Waals surface area contributed by atoms with Crippen LogP contribution in [0.25, 0.3) is 0 Å². The molecule has 0 radical (unpaired) electrons. The van der Waals surface area contributed by atoms with Gasteiger partial charge in [-0.25, -0.2) is 0 Å². The van der Waals surface area contributed by atoms with E-state index < -0.39 is 35.8 Å². The lowest BCUT2D eigenvalue weighted by Crippen LogP contribution is -2.51. The Morgan fingerprint density at radius 3 is 0.500 bits per heavy atom. The minimum Gasteiger partial charge on any atom is -0.480 e. The summed E-state index contributed by atoms with van der Waals surface area (Å²) in [4.78, 5) is 84.0. The zero-order valence-electron chi connectivity index (χ0n) is 28.7. The van der Waals surface area contributed by atoms with Crippen LogP contribution in [0.3, 0.4) is 0 Å². The van der Waals surface area contributed by atoms with Crippen molar-refractivity contribution in [2.45, 2.75) is 0 Å². The molecule has 0 unspecified atom stereocenters. The molecule has 0 atom stereocenters. The van der Waals surface area contributed by atoms with E-state index in [-0.39, 0.29) is 39.3 Å². The molecule has 0 aliphatic carbocycles. The maximum Gasteiger partial charge on any atom is 0.317 e. The van der Waals surface area contributed by atoms with Gasteiger partial charge in [-0.05, 0) is 0 Å². The monoisotopic (exact) mass is 718 g/mol. The predicted octanol–water partition coefficient (Wildman–Crippen LogP) is -4.06. The van der Waals surface area contributed by atoms with Crippen LogP contribution in [0.1, 0.15) is 0 Å². The van der Waals surface area contributed by atoms with Gasteiger partial charge in [0.25, 0.3) is 0 Å². The average Bonchev–Trinajstić information content (AvgIpc) is 2.99. The first-order valence-electron chi connectivity index (χ1n) is 16.8. The number of rotatable bonds is 15. The SMILES string of the molecule is O=C(O)CN1CCN(CCN2CCN(CC(=O)O)CCN(CC(=O)O)CCN(CC(=O)O)CC2)CCN(CC(=O)O)CCN(CC(=O)O)CC1. The van der Waals surface area contributed by atoms with E-state index in [2.05, 4.69) is 9.80 Å². The zero-order chi connectivity index (χ0) is 37.1. The van der Waals surface area contributed by atoms with Crippen molar-refractivity contribution >= 4 is 35.8 Å². The van der Waals surface area contributed by atoms with Gasteiger partial charge >= 0.3 is 35.8 Å². The van der Waals surface area contributed by atoms with Crippen molar-refractivity contribution in [3.63, 3.8) is 0 Å². The summed E-state index contributed by atoms with van der Waals surface area (Å²) in [5, 5.41) is 56.8. The van der Waals surface area contributed by atoms with Gasteiger partial charge in [0.2, 0.25) is 0 Å². The standard InChI is InChI=1S/C30H54N8O12/c39-25(40)19-33-7-3-31(4-8-34(20-26(41)42)12-16-37(15-11-33)23-29(47)48)1-2-32-5-9-35(21-27(43)44)13-17-38(24-30(49)50)18-14-36(10-6-32)22-28(45)46/h1-24H2,(H,39,40)(H,41,42)(H,43,44)(H,45,46)(H,47,48)(H,49,50). The van der Waals surface area contributed by atoms with E-state index in [9.17, 15) is 59.4 Å². The summed E-state index contributed by atoms with van der Waals surface area (Å²) in [5.74, 6) is -6.10. The Morgan fingerprint density at radius 1 is 0.260 bits per heavy atom. The summed E-state index contributed by atoms with van der Waals surface area (Å²) in [6, 6.07) is 0. The molecule has 0 saturated carbocycles. The number of hydrogen-bond donors (Lipinski definition) is 6. The molecule has 2 heterocycles. The quantitative estimate of drug-likeness (QED) is 0.0942. The number of nitrogens with zero attached hydrogens (tertiary/aromatic N) is 8. The molecule has 2 aliphatic heterocycles. The van der Waals surface area contributed by atoms with E-state index in [1.807, 2.05) is 0 Å². The van der Waals surface area contributed by atoms with Crippen LogP contribution in [0.4, 0.5) is 0 Å². The van der Waals surface area contributed by atoms with Crippen molar-refractivity contribution in [1.82, 2.24) is 39.2 Å². The summed E-state index contributed by atoms with van der Waals surface area (Å²) in [5.41, 5.74) is 0. The highest BCUT2D eigenvalue weighted by atomic mass is 16.4. The lowest BCUT2D eigenvalue weighted by molar-refractivity contribution is -0.140. The summed E-state index contributed by atoms with van der Waals surface area (Å²) < 4.78 is 0. The van der Waals surface area contributed by atoms with Crippen LogP contribution in [0.5, 0.6) is 0 Å². The molecular formula is C30H54N8O12. The highest BCUT2D eigenvalue weighted by Gasteiger charge is 2.23. The maximum absolute atomic E-state index is 11.6. The molecule has 20 nitrogen and oxygen atoms in total. The predicted molar refractivity (Wildman–Crippen MR) is 177 cm³/mol. The second kappa shape index (κ2) is 23.1. The molecule has 0 amide bonds. The van der Waals surface area contributed by atoms with Gasteiger partial charge in [0.1, 0.15) is 0 Å². The van der Waals surface area contributed by atoms with Gasteiger partial charge in [0.05, 0.1) is 39.3 Å². The molecule has 0 aromatic heterocycles. The fourth-order valence-electron chi connectivity index (χ4n) is 5.98. The fraction of sp³-hybridized carbons (Fsp3) is 0.800. The van der Waals surface area contributed by atoms with Gasteiger partial charge in [0, 0.05) is 118 Å². The average molecular weight is 719 g/mol. The van der Waals surface area contributed by atoms with Gasteiger partial charge < -0.3 is 30.6 Å². The van der Waals surface area contributed by atoms with Crippen molar-refractivity contribution in [1.29, 1.82) is 0 Å². The molecule has 2 aliphatic rings. The van der Waals surface area contributed by atoms with E-state index in [1.165, 1.54) is 0 Å². The van der Waals surface area contributed by atoms with Crippen molar-refractivity contribution in [2.75, 3.05) is 157 Å². The lowest BCUT2D eigenvalue weighted by Gasteiger charge is -2.35. The van der Waals surface area contributed by atoms with Crippen LogP contribution in [-0.2, 0) is 28.8 Å². The number of aliphatic carboxylic acids is 6. The van der Waals surface area contributed by atoms with Gasteiger partial charge in [-0.1, -0.05) is 0 Å². The molecule has 6 N–H and O–H groups in total. The van der Waals surface area contributed by atoms with Gasteiger partial charge in [-0.15, -0.1) is 0 Å². The topological polar surface area (TPSA) is 250 Å². The highest BCUT2D eigenvalue weighted by molar-refractivity contribution is 5.70. The Labute approximate surface area is 291 Å². The molecule has 0 spiro atoms. The second-order valence-electron chi connectivity index (χ2n) is 12.7. The van der Waals surface area contributed by atoms with Crippen molar-refractivity contribution in [3.8, 4) is 0 Å². The molecular weight excluding hydrogens is 664 g/mol. The van der Waals surface area contributed by atoms with Crippen LogP contribution in [0.15, 0.2) is 0 Å². The smallest absolute Gasteiger partial charge is 0.317 e. The lowest BCUT2D eigenvalue weighted by atomic mass is 10.3. The first-order valence-corrected chi connectivity index (χ1v) is 16.8. The van der Waals surface area contributed by atoms with E-state index >= 15 is 0 Å². The minimum absolute atomic E-state index is 0.227. The summed E-state index contributed by atoms with van der Waals surface area (Å²) in [6.45, 7) is 5.32. The Bertz CT molecular complexity index is 970. The Balaban J connectivity index is 2.23. The third-order valence-corrected chi connectivity index (χ3v) is 8.75. The van der Waals surface area contributed by atoms with Crippen LogP contribution >= 0.6 is 0 Å². The Kier molecular flexibility index (Phi) is 19.7. The summed E-state index contributed by atoms with van der Waals surface area (Å²) in [6.07, 6.45) is 0. The number of carbonyl (C=O) groups is 6. The maximum atomic E-state index is 11.6. The van der Waals surface area contributed by atoms with Crippen molar-refractivity contribution < 1.29 is 59.4 Å². The zero-order valence-corrected chi connectivity index (χ0v) is 28.7. The molecule has 0 aromatic carbocycles. The van der Waals surface area contributed by atoms with E-state index in [0.717, 1.165) is 0 Å². The molecule has 2 rings (SSSR count). The molecule has 286 valence electrons. The summed E-state index contributed by atoms with van der Waals surface area (Å²) in [7, 11) is 0. The van der Waals surface area contributed by atoms with Gasteiger partial charge in [0.15, 0.2) is 0 Å². The van der Waals surface area contributed by atoms with Gasteiger partial charge in [-0.2, -0.15) is 0 Å². The van der Waals surface area contributed by atoms with E-state index in [1.54, 1.807) is 29.4 Å². The Morgan fingerprint density at radius 2 is 0.380 bits per heavy atom. The minimum atomic E-state index is -1.03. The molecule has 0 bridgehead atoms.